The molecule has 0 radical (unpaired) electrons. The van der Waals surface area contributed by atoms with Gasteiger partial charge in [0, 0.05) is 64.6 Å². The maximum atomic E-state index is 11.5. The second kappa shape index (κ2) is 7.57. The first kappa shape index (κ1) is 16.0. The average Bonchev–Trinajstić information content (AvgIpc) is 2.97. The largest absolute Gasteiger partial charge is 0.356 e. The van der Waals surface area contributed by atoms with Crippen molar-refractivity contribution in [3.05, 3.63) is 36.3 Å². The number of fused-ring (bicyclic) bond motifs is 1. The highest BCUT2D eigenvalue weighted by molar-refractivity contribution is 5.75. The number of hydrogen-bond acceptors (Lipinski definition) is 4. The van der Waals surface area contributed by atoms with Gasteiger partial charge in [0.05, 0.1) is 5.69 Å². The van der Waals surface area contributed by atoms with Crippen LogP contribution in [0.5, 0.6) is 0 Å². The van der Waals surface area contributed by atoms with Crippen molar-refractivity contribution in [1.82, 2.24) is 24.5 Å². The predicted octanol–water partition coefficient (Wildman–Crippen LogP) is 0.978. The van der Waals surface area contributed by atoms with E-state index in [9.17, 15) is 4.79 Å². The van der Waals surface area contributed by atoms with E-state index in [-0.39, 0.29) is 5.91 Å². The van der Waals surface area contributed by atoms with E-state index in [4.69, 9.17) is 0 Å². The molecule has 1 fully saturated rings. The first-order chi connectivity index (χ1) is 11.2. The van der Waals surface area contributed by atoms with Crippen molar-refractivity contribution >= 4 is 11.6 Å². The van der Waals surface area contributed by atoms with E-state index in [1.54, 1.807) is 0 Å². The average molecular weight is 315 g/mol. The minimum atomic E-state index is 0.152. The summed E-state index contributed by atoms with van der Waals surface area (Å²) in [5.74, 6) is 0.152. The summed E-state index contributed by atoms with van der Waals surface area (Å²) in [7, 11) is 0. The highest BCUT2D eigenvalue weighted by Gasteiger charge is 2.18. The van der Waals surface area contributed by atoms with Crippen LogP contribution < -0.4 is 5.32 Å². The molecule has 0 atom stereocenters. The smallest absolute Gasteiger partial charge is 0.221 e. The van der Waals surface area contributed by atoms with Gasteiger partial charge in [0.2, 0.25) is 5.91 Å². The Labute approximate surface area is 137 Å². The van der Waals surface area contributed by atoms with E-state index in [0.29, 0.717) is 13.0 Å². The van der Waals surface area contributed by atoms with Gasteiger partial charge in [0.25, 0.3) is 0 Å². The van der Waals surface area contributed by atoms with E-state index in [1.807, 2.05) is 31.3 Å². The summed E-state index contributed by atoms with van der Waals surface area (Å²) in [6, 6.07) is 6.06. The van der Waals surface area contributed by atoms with Crippen LogP contribution in [0.25, 0.3) is 5.65 Å². The van der Waals surface area contributed by atoms with Gasteiger partial charge in [-0.05, 0) is 19.1 Å². The fourth-order valence-corrected chi connectivity index (χ4v) is 3.01. The van der Waals surface area contributed by atoms with Crippen molar-refractivity contribution in [2.24, 2.45) is 0 Å². The van der Waals surface area contributed by atoms with Crippen molar-refractivity contribution in [2.75, 3.05) is 39.3 Å². The van der Waals surface area contributed by atoms with Crippen molar-refractivity contribution in [2.45, 2.75) is 19.9 Å². The zero-order chi connectivity index (χ0) is 16.1. The maximum Gasteiger partial charge on any atom is 0.221 e. The van der Waals surface area contributed by atoms with Gasteiger partial charge in [-0.1, -0.05) is 6.07 Å². The number of hydrogen-bond donors (Lipinski definition) is 1. The van der Waals surface area contributed by atoms with Crippen LogP contribution in [0, 0.1) is 0 Å². The van der Waals surface area contributed by atoms with Gasteiger partial charge < -0.3 is 14.6 Å². The quantitative estimate of drug-likeness (QED) is 0.863. The summed E-state index contributed by atoms with van der Waals surface area (Å²) in [4.78, 5) is 21.0. The number of carbonyl (C=O) groups excluding carboxylic acids is 1. The Kier molecular flexibility index (Phi) is 5.25. The van der Waals surface area contributed by atoms with Crippen LogP contribution in [-0.4, -0.2) is 64.4 Å². The number of aromatic nitrogens is 2. The number of carbonyl (C=O) groups is 1. The molecular weight excluding hydrogens is 290 g/mol. The second-order valence-corrected chi connectivity index (χ2v) is 6.02. The molecule has 1 amide bonds. The molecule has 0 saturated carbocycles. The molecule has 1 aliphatic heterocycles. The van der Waals surface area contributed by atoms with Crippen molar-refractivity contribution < 1.29 is 4.79 Å². The van der Waals surface area contributed by atoms with E-state index >= 15 is 0 Å². The van der Waals surface area contributed by atoms with E-state index in [1.165, 1.54) is 0 Å². The summed E-state index contributed by atoms with van der Waals surface area (Å²) in [6.07, 6.45) is 4.74. The molecule has 6 nitrogen and oxygen atoms in total. The molecule has 1 N–H and O–H groups in total. The van der Waals surface area contributed by atoms with Crippen LogP contribution in [0.15, 0.2) is 30.6 Å². The van der Waals surface area contributed by atoms with Crippen LogP contribution in [0.1, 0.15) is 19.0 Å². The Balaban J connectivity index is 1.44. The Morgan fingerprint density at radius 3 is 2.74 bits per heavy atom. The molecule has 6 heteroatoms. The molecule has 0 aromatic carbocycles. The fourth-order valence-electron chi connectivity index (χ4n) is 3.01. The standard InChI is InChI=1S/C17H25N5O/c1-2-18-17(23)6-8-20-9-11-21(12-10-20)13-15-14-22-7-4-3-5-16(22)19-15/h3-5,7,14H,2,6,8-13H2,1H3,(H,18,23). The number of piperazine rings is 1. The zero-order valence-corrected chi connectivity index (χ0v) is 13.7. The maximum absolute atomic E-state index is 11.5. The number of nitrogens with one attached hydrogen (secondary N) is 1. The molecule has 3 rings (SSSR count). The minimum Gasteiger partial charge on any atom is -0.356 e. The molecule has 2 aromatic rings. The lowest BCUT2D eigenvalue weighted by atomic mass is 10.2. The van der Waals surface area contributed by atoms with Crippen LogP contribution in [-0.2, 0) is 11.3 Å². The third kappa shape index (κ3) is 4.30. The summed E-state index contributed by atoms with van der Waals surface area (Å²) < 4.78 is 2.07. The summed E-state index contributed by atoms with van der Waals surface area (Å²) in [5.41, 5.74) is 2.12. The van der Waals surface area contributed by atoms with E-state index < -0.39 is 0 Å². The van der Waals surface area contributed by atoms with Crippen molar-refractivity contribution in [1.29, 1.82) is 0 Å². The fraction of sp³-hybridized carbons (Fsp3) is 0.529. The first-order valence-corrected chi connectivity index (χ1v) is 8.38. The van der Waals surface area contributed by atoms with Crippen LogP contribution in [0.3, 0.4) is 0 Å². The molecule has 0 unspecified atom stereocenters. The lowest BCUT2D eigenvalue weighted by molar-refractivity contribution is -0.121. The van der Waals surface area contributed by atoms with Gasteiger partial charge in [-0.25, -0.2) is 4.98 Å². The Morgan fingerprint density at radius 2 is 2.00 bits per heavy atom. The lowest BCUT2D eigenvalue weighted by Crippen LogP contribution is -2.46. The van der Waals surface area contributed by atoms with Crippen LogP contribution >= 0.6 is 0 Å². The number of amides is 1. The monoisotopic (exact) mass is 315 g/mol. The highest BCUT2D eigenvalue weighted by Crippen LogP contribution is 2.10. The van der Waals surface area contributed by atoms with Crippen LogP contribution in [0.2, 0.25) is 0 Å². The summed E-state index contributed by atoms with van der Waals surface area (Å²) in [5, 5.41) is 2.85. The van der Waals surface area contributed by atoms with Crippen molar-refractivity contribution in [3.63, 3.8) is 0 Å². The molecule has 0 bridgehead atoms. The molecule has 1 saturated heterocycles. The molecule has 3 heterocycles. The predicted molar refractivity (Wildman–Crippen MR) is 90.2 cm³/mol. The molecule has 2 aromatic heterocycles. The molecule has 0 spiro atoms. The number of rotatable bonds is 6. The number of pyridine rings is 1. The van der Waals surface area contributed by atoms with Gasteiger partial charge in [0.1, 0.15) is 5.65 Å². The van der Waals surface area contributed by atoms with Gasteiger partial charge in [-0.2, -0.15) is 0 Å². The normalized spacial score (nSPS) is 16.7. The second-order valence-electron chi connectivity index (χ2n) is 6.02. The Hall–Kier alpha value is -1.92. The Bertz CT molecular complexity index is 612. The lowest BCUT2D eigenvalue weighted by Gasteiger charge is -2.34. The number of nitrogens with zero attached hydrogens (tertiary/aromatic N) is 4. The van der Waals surface area contributed by atoms with E-state index in [2.05, 4.69) is 30.7 Å². The van der Waals surface area contributed by atoms with Gasteiger partial charge in [0.15, 0.2) is 0 Å². The Morgan fingerprint density at radius 1 is 1.22 bits per heavy atom. The molecule has 23 heavy (non-hydrogen) atoms. The van der Waals surface area contributed by atoms with Gasteiger partial charge >= 0.3 is 0 Å². The van der Waals surface area contributed by atoms with Gasteiger partial charge in [-0.15, -0.1) is 0 Å². The van der Waals surface area contributed by atoms with Gasteiger partial charge in [-0.3, -0.25) is 9.69 Å². The minimum absolute atomic E-state index is 0.152. The molecule has 124 valence electrons. The molecular formula is C17H25N5O. The summed E-state index contributed by atoms with van der Waals surface area (Å²) >= 11 is 0. The molecule has 0 aliphatic carbocycles. The summed E-state index contributed by atoms with van der Waals surface area (Å²) in [6.45, 7) is 8.52. The highest BCUT2D eigenvalue weighted by atomic mass is 16.1. The third-order valence-electron chi connectivity index (χ3n) is 4.29. The van der Waals surface area contributed by atoms with Crippen molar-refractivity contribution in [3.8, 4) is 0 Å². The zero-order valence-electron chi connectivity index (χ0n) is 13.7. The topological polar surface area (TPSA) is 52.9 Å². The number of imidazole rings is 1. The SMILES string of the molecule is CCNC(=O)CCN1CCN(Cc2cn3ccccc3n2)CC1. The van der Waals surface area contributed by atoms with Crippen LogP contribution in [0.4, 0.5) is 0 Å². The molecule has 1 aliphatic rings. The third-order valence-corrected chi connectivity index (χ3v) is 4.29. The first-order valence-electron chi connectivity index (χ1n) is 8.38. The van der Waals surface area contributed by atoms with E-state index in [0.717, 1.165) is 50.6 Å².